The van der Waals surface area contributed by atoms with Crippen LogP contribution in [0.15, 0.2) is 42.6 Å². The second-order valence-electron chi connectivity index (χ2n) is 6.41. The summed E-state index contributed by atoms with van der Waals surface area (Å²) < 4.78 is 5.16. The molecule has 0 saturated heterocycles. The smallest absolute Gasteiger partial charge is 0.251 e. The van der Waals surface area contributed by atoms with Crippen LogP contribution in [-0.4, -0.2) is 30.6 Å². The molecule has 0 bridgehead atoms. The van der Waals surface area contributed by atoms with Crippen LogP contribution in [0.1, 0.15) is 41.6 Å². The number of amides is 1. The third-order valence-electron chi connectivity index (χ3n) is 4.59. The zero-order valence-corrected chi connectivity index (χ0v) is 14.6. The van der Waals surface area contributed by atoms with E-state index in [9.17, 15) is 4.79 Å². The number of hydrogen-bond donors (Lipinski definition) is 2. The van der Waals surface area contributed by atoms with E-state index in [-0.39, 0.29) is 5.91 Å². The molecule has 1 heterocycles. The van der Waals surface area contributed by atoms with E-state index < -0.39 is 0 Å². The molecule has 5 nitrogen and oxygen atoms in total. The number of aromatic nitrogens is 1. The average molecular weight is 339 g/mol. The van der Waals surface area contributed by atoms with Crippen molar-refractivity contribution in [2.24, 2.45) is 0 Å². The molecule has 0 radical (unpaired) electrons. The number of anilines is 1. The van der Waals surface area contributed by atoms with Crippen molar-refractivity contribution in [3.05, 3.63) is 53.7 Å². The lowest BCUT2D eigenvalue weighted by atomic mass is 10.1. The van der Waals surface area contributed by atoms with Gasteiger partial charge in [0.2, 0.25) is 0 Å². The number of methoxy groups -OCH3 is 1. The Labute approximate surface area is 148 Å². The van der Waals surface area contributed by atoms with Crippen molar-refractivity contribution in [1.82, 2.24) is 10.3 Å². The van der Waals surface area contributed by atoms with Gasteiger partial charge in [0.15, 0.2) is 0 Å². The Balaban J connectivity index is 1.51. The quantitative estimate of drug-likeness (QED) is 0.811. The van der Waals surface area contributed by atoms with E-state index in [1.165, 1.54) is 18.4 Å². The predicted octanol–water partition coefficient (Wildman–Crippen LogP) is 3.42. The zero-order valence-electron chi connectivity index (χ0n) is 14.6. The normalized spacial score (nSPS) is 14.3. The molecule has 1 aromatic heterocycles. The Morgan fingerprint density at radius 2 is 1.96 bits per heavy atom. The van der Waals surface area contributed by atoms with Crippen molar-refractivity contribution >= 4 is 11.7 Å². The van der Waals surface area contributed by atoms with Crippen LogP contribution >= 0.6 is 0 Å². The van der Waals surface area contributed by atoms with Gasteiger partial charge in [0, 0.05) is 24.3 Å². The van der Waals surface area contributed by atoms with E-state index in [1.807, 2.05) is 18.2 Å². The largest absolute Gasteiger partial charge is 0.497 e. The van der Waals surface area contributed by atoms with Gasteiger partial charge in [-0.1, -0.05) is 25.0 Å². The molecule has 1 aliphatic rings. The van der Waals surface area contributed by atoms with Gasteiger partial charge in [-0.2, -0.15) is 0 Å². The van der Waals surface area contributed by atoms with Crippen LogP contribution in [0.25, 0.3) is 0 Å². The molecule has 0 unspecified atom stereocenters. The number of rotatable bonds is 7. The molecular formula is C20H25N3O2. The molecule has 0 atom stereocenters. The monoisotopic (exact) mass is 339 g/mol. The summed E-state index contributed by atoms with van der Waals surface area (Å²) in [5.41, 5.74) is 1.89. The first-order chi connectivity index (χ1) is 12.2. The number of nitrogens with one attached hydrogen (secondary N) is 2. The van der Waals surface area contributed by atoms with Crippen molar-refractivity contribution in [2.45, 2.75) is 38.1 Å². The Morgan fingerprint density at radius 1 is 1.20 bits per heavy atom. The van der Waals surface area contributed by atoms with Crippen molar-refractivity contribution < 1.29 is 9.53 Å². The molecule has 5 heteroatoms. The van der Waals surface area contributed by atoms with Crippen molar-refractivity contribution in [3.63, 3.8) is 0 Å². The zero-order chi connectivity index (χ0) is 17.5. The van der Waals surface area contributed by atoms with E-state index in [1.54, 1.807) is 19.4 Å². The first-order valence-corrected chi connectivity index (χ1v) is 8.88. The van der Waals surface area contributed by atoms with E-state index >= 15 is 0 Å². The summed E-state index contributed by atoms with van der Waals surface area (Å²) in [4.78, 5) is 16.6. The number of pyridine rings is 1. The molecule has 2 N–H and O–H groups in total. The topological polar surface area (TPSA) is 63.2 Å². The average Bonchev–Trinajstić information content (AvgIpc) is 3.15. The molecule has 1 amide bonds. The van der Waals surface area contributed by atoms with E-state index in [2.05, 4.69) is 27.8 Å². The lowest BCUT2D eigenvalue weighted by Crippen LogP contribution is -2.32. The van der Waals surface area contributed by atoms with Gasteiger partial charge in [-0.15, -0.1) is 0 Å². The minimum absolute atomic E-state index is 0.00694. The Kier molecular flexibility index (Phi) is 5.88. The highest BCUT2D eigenvalue weighted by Gasteiger charge is 2.18. The van der Waals surface area contributed by atoms with Gasteiger partial charge in [-0.25, -0.2) is 4.98 Å². The maximum Gasteiger partial charge on any atom is 0.251 e. The Hall–Kier alpha value is -2.56. The third kappa shape index (κ3) is 4.95. The second kappa shape index (κ2) is 8.51. The summed E-state index contributed by atoms with van der Waals surface area (Å²) in [6, 6.07) is 11.9. The summed E-state index contributed by atoms with van der Waals surface area (Å²) in [5, 5.41) is 6.40. The maximum atomic E-state index is 12.3. The van der Waals surface area contributed by atoms with E-state index in [4.69, 9.17) is 4.74 Å². The van der Waals surface area contributed by atoms with Crippen LogP contribution < -0.4 is 15.4 Å². The van der Waals surface area contributed by atoms with Crippen molar-refractivity contribution in [2.75, 3.05) is 19.0 Å². The van der Waals surface area contributed by atoms with Gasteiger partial charge in [-0.05, 0) is 49.1 Å². The lowest BCUT2D eigenvalue weighted by molar-refractivity contribution is 0.0938. The summed E-state index contributed by atoms with van der Waals surface area (Å²) in [6.07, 6.45) is 7.15. The summed E-state index contributed by atoms with van der Waals surface area (Å²) >= 11 is 0. The first kappa shape index (κ1) is 17.3. The second-order valence-corrected chi connectivity index (χ2v) is 6.41. The Morgan fingerprint density at radius 3 is 2.68 bits per heavy atom. The fourth-order valence-electron chi connectivity index (χ4n) is 3.13. The minimum atomic E-state index is -0.00694. The van der Waals surface area contributed by atoms with E-state index in [0.29, 0.717) is 11.6 Å². The fourth-order valence-corrected chi connectivity index (χ4v) is 3.13. The van der Waals surface area contributed by atoms with Gasteiger partial charge >= 0.3 is 0 Å². The third-order valence-corrected chi connectivity index (χ3v) is 4.59. The predicted molar refractivity (Wildman–Crippen MR) is 99.1 cm³/mol. The van der Waals surface area contributed by atoms with Crippen molar-refractivity contribution in [3.8, 4) is 5.75 Å². The molecule has 0 spiro atoms. The highest BCUT2D eigenvalue weighted by atomic mass is 16.5. The summed E-state index contributed by atoms with van der Waals surface area (Å²) in [7, 11) is 1.66. The van der Waals surface area contributed by atoms with Crippen LogP contribution in [0.3, 0.4) is 0 Å². The summed E-state index contributed by atoms with van der Waals surface area (Å²) in [6.45, 7) is 0.757. The molecule has 2 aromatic rings. The molecule has 1 saturated carbocycles. The molecule has 0 aliphatic heterocycles. The first-order valence-electron chi connectivity index (χ1n) is 8.88. The minimum Gasteiger partial charge on any atom is -0.497 e. The van der Waals surface area contributed by atoms with Crippen LogP contribution in [0, 0.1) is 0 Å². The van der Waals surface area contributed by atoms with Gasteiger partial charge in [-0.3, -0.25) is 4.79 Å². The Bertz CT molecular complexity index is 694. The number of hydrogen-bond acceptors (Lipinski definition) is 4. The highest BCUT2D eigenvalue weighted by molar-refractivity contribution is 5.95. The van der Waals surface area contributed by atoms with E-state index in [0.717, 1.165) is 37.4 Å². The number of benzene rings is 1. The maximum absolute atomic E-state index is 12.3. The fraction of sp³-hybridized carbons (Fsp3) is 0.400. The number of ether oxygens (including phenoxy) is 1. The number of nitrogens with zero attached hydrogens (tertiary/aromatic N) is 1. The van der Waals surface area contributed by atoms with Gasteiger partial charge in [0.25, 0.3) is 5.91 Å². The molecular weight excluding hydrogens is 314 g/mol. The molecule has 1 aromatic carbocycles. The van der Waals surface area contributed by atoms with Crippen LogP contribution in [0.5, 0.6) is 5.75 Å². The summed E-state index contributed by atoms with van der Waals surface area (Å²) in [5.74, 6) is 1.58. The van der Waals surface area contributed by atoms with Gasteiger partial charge in [0.1, 0.15) is 11.6 Å². The number of carbonyl (C=O) groups excluding carboxylic acids is 1. The molecule has 1 fully saturated rings. The lowest BCUT2D eigenvalue weighted by Gasteiger charge is -2.12. The molecule has 1 aliphatic carbocycles. The molecule has 25 heavy (non-hydrogen) atoms. The molecule has 3 rings (SSSR count). The molecule has 132 valence electrons. The van der Waals surface area contributed by atoms with Crippen molar-refractivity contribution in [1.29, 1.82) is 0 Å². The van der Waals surface area contributed by atoms with Gasteiger partial charge in [0.05, 0.1) is 7.11 Å². The number of carbonyl (C=O) groups is 1. The highest BCUT2D eigenvalue weighted by Crippen LogP contribution is 2.18. The standard InChI is InChI=1S/C20H25N3O2/c1-25-18-8-6-15(7-9-18)10-12-21-19-14-16(11-13-22-19)20(24)23-17-4-2-3-5-17/h6-9,11,13-14,17H,2-5,10,12H2,1H3,(H,21,22)(H,23,24). The van der Waals surface area contributed by atoms with Crippen LogP contribution in [-0.2, 0) is 6.42 Å². The van der Waals surface area contributed by atoms with Crippen LogP contribution in [0.2, 0.25) is 0 Å². The van der Waals surface area contributed by atoms with Gasteiger partial charge < -0.3 is 15.4 Å². The SMILES string of the molecule is COc1ccc(CCNc2cc(C(=O)NC3CCCC3)ccn2)cc1. The van der Waals surface area contributed by atoms with Crippen LogP contribution in [0.4, 0.5) is 5.82 Å².